The first-order valence-electron chi connectivity index (χ1n) is 7.56. The molecule has 0 radical (unpaired) electrons. The van der Waals surface area contributed by atoms with Crippen molar-refractivity contribution >= 4 is 23.2 Å². The predicted molar refractivity (Wildman–Crippen MR) is 90.7 cm³/mol. The summed E-state index contributed by atoms with van der Waals surface area (Å²) in [5.41, 5.74) is 2.13. The van der Waals surface area contributed by atoms with Crippen LogP contribution in [0.4, 0.5) is 11.4 Å². The highest BCUT2D eigenvalue weighted by Gasteiger charge is 2.25. The van der Waals surface area contributed by atoms with Crippen molar-refractivity contribution in [2.75, 3.05) is 30.5 Å². The number of likely N-dealkylation sites (N-methyl/N-ethyl adjacent to an activating group) is 1. The van der Waals surface area contributed by atoms with Gasteiger partial charge in [0.2, 0.25) is 0 Å². The maximum Gasteiger partial charge on any atom is 0.264 e. The first-order valence-corrected chi connectivity index (χ1v) is 7.56. The van der Waals surface area contributed by atoms with Crippen molar-refractivity contribution in [2.45, 2.75) is 6.92 Å². The number of amides is 2. The number of rotatable bonds is 4. The van der Waals surface area contributed by atoms with E-state index in [9.17, 15) is 9.59 Å². The van der Waals surface area contributed by atoms with Crippen LogP contribution in [-0.4, -0.2) is 32.1 Å². The van der Waals surface area contributed by atoms with Crippen LogP contribution in [0.25, 0.3) is 0 Å². The topological polar surface area (TPSA) is 67.9 Å². The number of anilines is 2. The average molecular weight is 326 g/mol. The number of benzene rings is 2. The third-order valence-electron chi connectivity index (χ3n) is 3.69. The van der Waals surface area contributed by atoms with Crippen molar-refractivity contribution in [3.63, 3.8) is 0 Å². The van der Waals surface area contributed by atoms with E-state index < -0.39 is 0 Å². The van der Waals surface area contributed by atoms with Gasteiger partial charge in [-0.2, -0.15) is 0 Å². The number of carbonyl (C=O) groups is 2. The summed E-state index contributed by atoms with van der Waals surface area (Å²) in [6.07, 6.45) is 0. The second-order valence-electron chi connectivity index (χ2n) is 5.55. The molecule has 0 spiro atoms. The molecule has 0 atom stereocenters. The summed E-state index contributed by atoms with van der Waals surface area (Å²) < 4.78 is 10.9. The minimum absolute atomic E-state index is 0.00261. The van der Waals surface area contributed by atoms with Gasteiger partial charge in [-0.1, -0.05) is 18.2 Å². The molecule has 3 rings (SSSR count). The van der Waals surface area contributed by atoms with E-state index >= 15 is 0 Å². The first kappa shape index (κ1) is 15.9. The van der Waals surface area contributed by atoms with Crippen molar-refractivity contribution in [1.29, 1.82) is 0 Å². The number of nitrogens with one attached hydrogen (secondary N) is 1. The molecule has 1 aliphatic rings. The first-order chi connectivity index (χ1) is 11.5. The van der Waals surface area contributed by atoms with Gasteiger partial charge < -0.3 is 19.7 Å². The van der Waals surface area contributed by atoms with E-state index in [4.69, 9.17) is 9.47 Å². The standard InChI is InChI=1S/C18H18N2O4/c1-12-5-3-6-13(9-12)23-10-16(21)19-14-7-4-8-15-18(14)20(2)17(22)11-24-15/h3-9H,10-11H2,1-2H3,(H,19,21). The molecule has 0 unspecified atom stereocenters. The number of para-hydroxylation sites is 1. The Morgan fingerprint density at radius 1 is 1.29 bits per heavy atom. The fourth-order valence-corrected chi connectivity index (χ4v) is 2.49. The number of hydrogen-bond acceptors (Lipinski definition) is 4. The summed E-state index contributed by atoms with van der Waals surface area (Å²) in [4.78, 5) is 25.4. The van der Waals surface area contributed by atoms with Crippen molar-refractivity contribution in [3.8, 4) is 11.5 Å². The lowest BCUT2D eigenvalue weighted by Crippen LogP contribution is -2.36. The van der Waals surface area contributed by atoms with E-state index in [0.717, 1.165) is 5.56 Å². The van der Waals surface area contributed by atoms with Gasteiger partial charge in [0.15, 0.2) is 13.2 Å². The molecule has 1 heterocycles. The van der Waals surface area contributed by atoms with Crippen LogP contribution >= 0.6 is 0 Å². The fourth-order valence-electron chi connectivity index (χ4n) is 2.49. The maximum atomic E-state index is 12.2. The monoisotopic (exact) mass is 326 g/mol. The van der Waals surface area contributed by atoms with Gasteiger partial charge in [0.1, 0.15) is 17.2 Å². The van der Waals surface area contributed by atoms with Crippen molar-refractivity contribution in [1.82, 2.24) is 0 Å². The number of fused-ring (bicyclic) bond motifs is 1. The third kappa shape index (κ3) is 3.32. The van der Waals surface area contributed by atoms with Gasteiger partial charge in [-0.25, -0.2) is 0 Å². The minimum Gasteiger partial charge on any atom is -0.484 e. The number of nitrogens with zero attached hydrogens (tertiary/aromatic N) is 1. The van der Waals surface area contributed by atoms with Gasteiger partial charge in [-0.15, -0.1) is 0 Å². The second-order valence-corrected chi connectivity index (χ2v) is 5.55. The van der Waals surface area contributed by atoms with Crippen LogP contribution in [0, 0.1) is 6.92 Å². The molecule has 0 saturated carbocycles. The van der Waals surface area contributed by atoms with Gasteiger partial charge in [-0.05, 0) is 36.8 Å². The van der Waals surface area contributed by atoms with E-state index in [1.165, 1.54) is 4.90 Å². The quantitative estimate of drug-likeness (QED) is 0.936. The summed E-state index contributed by atoms with van der Waals surface area (Å²) >= 11 is 0. The molecule has 1 aliphatic heterocycles. The van der Waals surface area contributed by atoms with Crippen LogP contribution in [0.1, 0.15) is 5.56 Å². The van der Waals surface area contributed by atoms with Crippen LogP contribution < -0.4 is 19.7 Å². The van der Waals surface area contributed by atoms with E-state index in [1.807, 2.05) is 25.1 Å². The summed E-state index contributed by atoms with van der Waals surface area (Å²) in [6, 6.07) is 12.7. The Balaban J connectivity index is 1.70. The van der Waals surface area contributed by atoms with Crippen molar-refractivity contribution in [2.24, 2.45) is 0 Å². The molecule has 1 N–H and O–H groups in total. The summed E-state index contributed by atoms with van der Waals surface area (Å²) in [6.45, 7) is 1.83. The smallest absolute Gasteiger partial charge is 0.264 e. The van der Waals surface area contributed by atoms with Crippen LogP contribution in [0.2, 0.25) is 0 Å². The Morgan fingerprint density at radius 2 is 2.08 bits per heavy atom. The number of carbonyl (C=O) groups excluding carboxylic acids is 2. The van der Waals surface area contributed by atoms with Gasteiger partial charge in [-0.3, -0.25) is 9.59 Å². The molecule has 124 valence electrons. The number of hydrogen-bond donors (Lipinski definition) is 1. The molecule has 0 saturated heterocycles. The Kier molecular flexibility index (Phi) is 4.37. The molecule has 24 heavy (non-hydrogen) atoms. The molecule has 6 nitrogen and oxygen atoms in total. The third-order valence-corrected chi connectivity index (χ3v) is 3.69. The molecule has 2 amide bonds. The zero-order chi connectivity index (χ0) is 17.1. The van der Waals surface area contributed by atoms with E-state index in [-0.39, 0.29) is 25.0 Å². The summed E-state index contributed by atoms with van der Waals surface area (Å²) in [7, 11) is 1.66. The Bertz CT molecular complexity index is 788. The fraction of sp³-hybridized carbons (Fsp3) is 0.222. The Hall–Kier alpha value is -3.02. The van der Waals surface area contributed by atoms with Crippen LogP contribution in [-0.2, 0) is 9.59 Å². The summed E-state index contributed by atoms with van der Waals surface area (Å²) in [5.74, 6) is 0.724. The van der Waals surface area contributed by atoms with Gasteiger partial charge in [0.05, 0.1) is 5.69 Å². The van der Waals surface area contributed by atoms with Crippen LogP contribution in [0.5, 0.6) is 11.5 Å². The highest BCUT2D eigenvalue weighted by molar-refractivity contribution is 6.04. The van der Waals surface area contributed by atoms with Crippen LogP contribution in [0.3, 0.4) is 0 Å². The molecule has 2 aromatic rings. The predicted octanol–water partition coefficient (Wildman–Crippen LogP) is 2.37. The molecule has 0 aliphatic carbocycles. The van der Waals surface area contributed by atoms with E-state index in [1.54, 1.807) is 31.3 Å². The molecule has 0 fully saturated rings. The average Bonchev–Trinajstić information content (AvgIpc) is 2.57. The number of aryl methyl sites for hydroxylation is 1. The lowest BCUT2D eigenvalue weighted by Gasteiger charge is -2.28. The van der Waals surface area contributed by atoms with E-state index in [0.29, 0.717) is 22.9 Å². The molecule has 0 aromatic heterocycles. The van der Waals surface area contributed by atoms with E-state index in [2.05, 4.69) is 5.32 Å². The SMILES string of the molecule is Cc1cccc(OCC(=O)Nc2cccc3c2N(C)C(=O)CO3)c1. The van der Waals surface area contributed by atoms with Crippen LogP contribution in [0.15, 0.2) is 42.5 Å². The van der Waals surface area contributed by atoms with Gasteiger partial charge >= 0.3 is 0 Å². The maximum absolute atomic E-state index is 12.2. The highest BCUT2D eigenvalue weighted by Crippen LogP contribution is 2.37. The normalized spacial score (nSPS) is 13.1. The second kappa shape index (κ2) is 6.62. The molecule has 6 heteroatoms. The largest absolute Gasteiger partial charge is 0.484 e. The molecule has 0 bridgehead atoms. The van der Waals surface area contributed by atoms with Crippen molar-refractivity contribution < 1.29 is 19.1 Å². The molecular formula is C18H18N2O4. The molecular weight excluding hydrogens is 308 g/mol. The minimum atomic E-state index is -0.309. The lowest BCUT2D eigenvalue weighted by atomic mass is 10.2. The zero-order valence-corrected chi connectivity index (χ0v) is 13.5. The highest BCUT2D eigenvalue weighted by atomic mass is 16.5. The lowest BCUT2D eigenvalue weighted by molar-refractivity contribution is -0.121. The Labute approximate surface area is 140 Å². The van der Waals surface area contributed by atoms with Crippen molar-refractivity contribution in [3.05, 3.63) is 48.0 Å². The summed E-state index contributed by atoms with van der Waals surface area (Å²) in [5, 5.41) is 2.77. The zero-order valence-electron chi connectivity index (χ0n) is 13.5. The van der Waals surface area contributed by atoms with Gasteiger partial charge in [0, 0.05) is 7.05 Å². The molecule has 2 aromatic carbocycles. The number of ether oxygens (including phenoxy) is 2. The Morgan fingerprint density at radius 3 is 2.88 bits per heavy atom. The van der Waals surface area contributed by atoms with Gasteiger partial charge in [0.25, 0.3) is 11.8 Å².